The summed E-state index contributed by atoms with van der Waals surface area (Å²) >= 11 is 3.49. The molecule has 1 unspecified atom stereocenters. The van der Waals surface area contributed by atoms with Crippen LogP contribution in [0.5, 0.6) is 0 Å². The van der Waals surface area contributed by atoms with Gasteiger partial charge in [-0.1, -0.05) is 28.1 Å². The zero-order valence-electron chi connectivity index (χ0n) is 9.03. The van der Waals surface area contributed by atoms with E-state index in [4.69, 9.17) is 10.8 Å². The number of nitrogens with two attached hydrogens (primary N) is 1. The van der Waals surface area contributed by atoms with Crippen molar-refractivity contribution in [3.63, 3.8) is 0 Å². The third kappa shape index (κ3) is 1.76. The molecule has 0 radical (unpaired) electrons. The molecule has 0 amide bonds. The first-order valence-corrected chi connectivity index (χ1v) is 6.02. The predicted octanol–water partition coefficient (Wildman–Crippen LogP) is 2.20. The minimum absolute atomic E-state index is 0.363. The summed E-state index contributed by atoms with van der Waals surface area (Å²) in [6.45, 7) is 2.01. The fraction of sp³-hybridized carbons (Fsp3) is 0.417. The summed E-state index contributed by atoms with van der Waals surface area (Å²) in [4.78, 5) is 11.0. The van der Waals surface area contributed by atoms with Crippen molar-refractivity contribution in [1.82, 2.24) is 0 Å². The van der Waals surface area contributed by atoms with Gasteiger partial charge in [-0.3, -0.25) is 4.79 Å². The first-order chi connectivity index (χ1) is 7.47. The number of aliphatic carboxylic acids is 1. The number of rotatable bonds is 3. The monoisotopic (exact) mass is 283 g/mol. The van der Waals surface area contributed by atoms with Crippen molar-refractivity contribution in [1.29, 1.82) is 0 Å². The van der Waals surface area contributed by atoms with Gasteiger partial charge in [0, 0.05) is 9.89 Å². The van der Waals surface area contributed by atoms with Gasteiger partial charge in [-0.25, -0.2) is 0 Å². The van der Waals surface area contributed by atoms with Gasteiger partial charge in [-0.05, 0) is 37.0 Å². The van der Waals surface area contributed by atoms with E-state index in [2.05, 4.69) is 15.9 Å². The van der Waals surface area contributed by atoms with E-state index >= 15 is 0 Å². The number of hydrogen-bond donors (Lipinski definition) is 2. The van der Waals surface area contributed by atoms with E-state index in [0.29, 0.717) is 0 Å². The molecule has 4 heteroatoms. The van der Waals surface area contributed by atoms with Crippen LogP contribution < -0.4 is 5.73 Å². The van der Waals surface area contributed by atoms with Gasteiger partial charge in [-0.2, -0.15) is 0 Å². The van der Waals surface area contributed by atoms with E-state index < -0.39 is 12.0 Å². The quantitative estimate of drug-likeness (QED) is 0.894. The molecule has 0 aliphatic heterocycles. The van der Waals surface area contributed by atoms with Crippen molar-refractivity contribution < 1.29 is 9.90 Å². The van der Waals surface area contributed by atoms with Gasteiger partial charge in [0.2, 0.25) is 0 Å². The number of benzene rings is 1. The van der Waals surface area contributed by atoms with Crippen LogP contribution in [0.15, 0.2) is 22.7 Å². The lowest BCUT2D eigenvalue weighted by atomic mass is 9.88. The van der Waals surface area contributed by atoms with Crippen LogP contribution in [0.25, 0.3) is 0 Å². The van der Waals surface area contributed by atoms with Gasteiger partial charge in [-0.15, -0.1) is 0 Å². The molecule has 1 fully saturated rings. The van der Waals surface area contributed by atoms with Gasteiger partial charge in [0.25, 0.3) is 0 Å². The normalized spacial score (nSPS) is 19.2. The summed E-state index contributed by atoms with van der Waals surface area (Å²) < 4.78 is 0.960. The highest BCUT2D eigenvalue weighted by Crippen LogP contribution is 2.52. The molecule has 86 valence electrons. The molecule has 0 aromatic heterocycles. The molecule has 0 bridgehead atoms. The van der Waals surface area contributed by atoms with Crippen molar-refractivity contribution in [2.45, 2.75) is 31.2 Å². The lowest BCUT2D eigenvalue weighted by Crippen LogP contribution is -2.42. The summed E-state index contributed by atoms with van der Waals surface area (Å²) in [6.07, 6.45) is 1.70. The van der Waals surface area contributed by atoms with Crippen LogP contribution in [0.2, 0.25) is 0 Å². The molecule has 0 spiro atoms. The number of carbonyl (C=O) groups is 1. The average molecular weight is 284 g/mol. The first-order valence-electron chi connectivity index (χ1n) is 5.22. The Kier molecular flexibility index (Phi) is 2.80. The van der Waals surface area contributed by atoms with E-state index in [9.17, 15) is 4.79 Å². The van der Waals surface area contributed by atoms with Gasteiger partial charge in [0.05, 0.1) is 0 Å². The van der Waals surface area contributed by atoms with E-state index in [1.807, 2.05) is 25.1 Å². The smallest absolute Gasteiger partial charge is 0.321 e. The van der Waals surface area contributed by atoms with Crippen LogP contribution >= 0.6 is 15.9 Å². The first kappa shape index (κ1) is 11.6. The van der Waals surface area contributed by atoms with E-state index in [1.165, 1.54) is 0 Å². The zero-order chi connectivity index (χ0) is 11.9. The zero-order valence-corrected chi connectivity index (χ0v) is 10.6. The molecule has 0 saturated heterocycles. The third-order valence-corrected chi connectivity index (χ3v) is 3.97. The minimum atomic E-state index is -0.926. The topological polar surface area (TPSA) is 63.3 Å². The summed E-state index contributed by atoms with van der Waals surface area (Å²) in [5.74, 6) is -0.926. The van der Waals surface area contributed by atoms with Gasteiger partial charge in [0.15, 0.2) is 0 Å². The Morgan fingerprint density at radius 2 is 2.19 bits per heavy atom. The summed E-state index contributed by atoms with van der Waals surface area (Å²) in [6, 6.07) is 5.17. The van der Waals surface area contributed by atoms with Crippen molar-refractivity contribution in [2.24, 2.45) is 5.73 Å². The van der Waals surface area contributed by atoms with E-state index in [0.717, 1.165) is 28.4 Å². The van der Waals surface area contributed by atoms with Crippen LogP contribution in [0.3, 0.4) is 0 Å². The molecule has 1 aromatic rings. The van der Waals surface area contributed by atoms with Crippen LogP contribution in [0.4, 0.5) is 0 Å². The molecule has 3 nitrogen and oxygen atoms in total. The van der Waals surface area contributed by atoms with Crippen molar-refractivity contribution in [2.75, 3.05) is 0 Å². The maximum absolute atomic E-state index is 11.0. The van der Waals surface area contributed by atoms with Gasteiger partial charge >= 0.3 is 5.97 Å². The molecule has 1 aromatic carbocycles. The molecule has 1 atom stereocenters. The Hall–Kier alpha value is -0.870. The summed E-state index contributed by atoms with van der Waals surface area (Å²) in [5.41, 5.74) is 7.58. The van der Waals surface area contributed by atoms with Crippen molar-refractivity contribution in [3.8, 4) is 0 Å². The number of halogens is 1. The second kappa shape index (κ2) is 3.86. The second-order valence-electron chi connectivity index (χ2n) is 4.46. The molecule has 16 heavy (non-hydrogen) atoms. The highest BCUT2D eigenvalue weighted by molar-refractivity contribution is 9.10. The molecule has 2 rings (SSSR count). The number of hydrogen-bond acceptors (Lipinski definition) is 2. The van der Waals surface area contributed by atoms with Gasteiger partial charge in [0.1, 0.15) is 6.04 Å². The SMILES string of the molecule is Cc1ccc(C2(C(N)C(=O)O)CC2)c(Br)c1. The largest absolute Gasteiger partial charge is 0.480 e. The molecular formula is C12H14BrNO2. The molecule has 3 N–H and O–H groups in total. The predicted molar refractivity (Wildman–Crippen MR) is 65.4 cm³/mol. The van der Waals surface area contributed by atoms with Crippen molar-refractivity contribution in [3.05, 3.63) is 33.8 Å². The number of aryl methyl sites for hydroxylation is 1. The highest BCUT2D eigenvalue weighted by Gasteiger charge is 2.53. The maximum Gasteiger partial charge on any atom is 0.321 e. The van der Waals surface area contributed by atoms with Crippen LogP contribution in [-0.2, 0) is 10.2 Å². The average Bonchev–Trinajstić information content (AvgIpc) is 2.97. The third-order valence-electron chi connectivity index (χ3n) is 3.31. The number of carboxylic acid groups (broad SMARTS) is 1. The van der Waals surface area contributed by atoms with E-state index in [-0.39, 0.29) is 5.41 Å². The lowest BCUT2D eigenvalue weighted by Gasteiger charge is -2.21. The maximum atomic E-state index is 11.0. The van der Waals surface area contributed by atoms with Gasteiger partial charge < -0.3 is 10.8 Å². The number of carboxylic acids is 1. The molecule has 0 heterocycles. The lowest BCUT2D eigenvalue weighted by molar-refractivity contribution is -0.139. The fourth-order valence-corrected chi connectivity index (χ4v) is 3.03. The standard InChI is InChI=1S/C12H14BrNO2/c1-7-2-3-8(9(13)6-7)12(4-5-12)10(14)11(15)16/h2-3,6,10H,4-5,14H2,1H3,(H,15,16). The van der Waals surface area contributed by atoms with Crippen LogP contribution in [0.1, 0.15) is 24.0 Å². The van der Waals surface area contributed by atoms with Crippen molar-refractivity contribution >= 4 is 21.9 Å². The fourth-order valence-electron chi connectivity index (χ4n) is 2.14. The molecular weight excluding hydrogens is 270 g/mol. The minimum Gasteiger partial charge on any atom is -0.480 e. The molecule has 1 aliphatic carbocycles. The summed E-state index contributed by atoms with van der Waals surface area (Å²) in [7, 11) is 0. The van der Waals surface area contributed by atoms with Crippen LogP contribution in [-0.4, -0.2) is 17.1 Å². The second-order valence-corrected chi connectivity index (χ2v) is 5.31. The Balaban J connectivity index is 2.40. The highest BCUT2D eigenvalue weighted by atomic mass is 79.9. The summed E-state index contributed by atoms with van der Waals surface area (Å²) in [5, 5.41) is 9.02. The van der Waals surface area contributed by atoms with E-state index in [1.54, 1.807) is 0 Å². The Morgan fingerprint density at radius 1 is 1.56 bits per heavy atom. The molecule has 1 aliphatic rings. The molecule has 1 saturated carbocycles. The Morgan fingerprint density at radius 3 is 2.62 bits per heavy atom. The van der Waals surface area contributed by atoms with Crippen LogP contribution in [0, 0.1) is 6.92 Å². The Labute approximate surface area is 103 Å². The Bertz CT molecular complexity index is 441.